The summed E-state index contributed by atoms with van der Waals surface area (Å²) in [5.41, 5.74) is 2.65. The van der Waals surface area contributed by atoms with Gasteiger partial charge in [-0.1, -0.05) is 0 Å². The first-order chi connectivity index (χ1) is 14.3. The Labute approximate surface area is 173 Å². The molecule has 1 aliphatic heterocycles. The van der Waals surface area contributed by atoms with Gasteiger partial charge in [0.05, 0.1) is 18.2 Å². The third-order valence-electron chi connectivity index (χ3n) is 5.11. The minimum Gasteiger partial charge on any atom is -0.462 e. The highest BCUT2D eigenvalue weighted by Crippen LogP contribution is 2.28. The average Bonchev–Trinajstić information content (AvgIpc) is 2.73. The normalized spacial score (nSPS) is 26.1. The summed E-state index contributed by atoms with van der Waals surface area (Å²) in [6.07, 6.45) is -6.92. The molecule has 8 nitrogen and oxygen atoms in total. The third-order valence-corrected chi connectivity index (χ3v) is 5.11. The molecule has 0 saturated carbocycles. The van der Waals surface area contributed by atoms with Crippen LogP contribution in [0.4, 0.5) is 0 Å². The van der Waals surface area contributed by atoms with Crippen molar-refractivity contribution >= 4 is 5.78 Å². The van der Waals surface area contributed by atoms with E-state index in [0.717, 1.165) is 0 Å². The van der Waals surface area contributed by atoms with Crippen LogP contribution in [0.2, 0.25) is 0 Å². The summed E-state index contributed by atoms with van der Waals surface area (Å²) >= 11 is 0. The van der Waals surface area contributed by atoms with Gasteiger partial charge in [0.1, 0.15) is 30.2 Å². The molecule has 2 aromatic carbocycles. The third kappa shape index (κ3) is 4.21. The van der Waals surface area contributed by atoms with Gasteiger partial charge in [0.25, 0.3) is 0 Å². The molecule has 158 valence electrons. The second-order valence-electron chi connectivity index (χ2n) is 7.27. The molecule has 1 aliphatic rings. The van der Waals surface area contributed by atoms with E-state index in [-0.39, 0.29) is 5.78 Å². The van der Waals surface area contributed by atoms with Gasteiger partial charge in [-0.25, -0.2) is 0 Å². The van der Waals surface area contributed by atoms with Crippen LogP contribution < -0.4 is 4.74 Å². The number of ether oxygens (including phenoxy) is 2. The van der Waals surface area contributed by atoms with Crippen LogP contribution in [-0.2, 0) is 4.74 Å². The van der Waals surface area contributed by atoms with Gasteiger partial charge in [-0.05, 0) is 61.4 Å². The van der Waals surface area contributed by atoms with E-state index in [0.29, 0.717) is 33.6 Å². The SMILES string of the molecule is Cc1cc(O[C@H]2O[C@H](CO)[C@H](O)[C@H](O)[C@H]2O)cc(C)c1C(=O)c1ccc(C#N)cc1. The van der Waals surface area contributed by atoms with Crippen molar-refractivity contribution in [1.29, 1.82) is 5.26 Å². The van der Waals surface area contributed by atoms with Gasteiger partial charge < -0.3 is 29.9 Å². The molecule has 0 spiro atoms. The predicted molar refractivity (Wildman–Crippen MR) is 105 cm³/mol. The van der Waals surface area contributed by atoms with Gasteiger partial charge >= 0.3 is 0 Å². The molecular formula is C22H23NO7. The van der Waals surface area contributed by atoms with Crippen LogP contribution in [-0.4, -0.2) is 63.5 Å². The maximum Gasteiger partial charge on any atom is 0.229 e. The van der Waals surface area contributed by atoms with Gasteiger partial charge in [-0.3, -0.25) is 4.79 Å². The molecule has 1 heterocycles. The molecule has 8 heteroatoms. The van der Waals surface area contributed by atoms with Crippen molar-refractivity contribution in [3.8, 4) is 11.8 Å². The lowest BCUT2D eigenvalue weighted by molar-refractivity contribution is -0.277. The van der Waals surface area contributed by atoms with Crippen LogP contribution >= 0.6 is 0 Å². The van der Waals surface area contributed by atoms with Crippen molar-refractivity contribution < 1.29 is 34.7 Å². The molecule has 0 aromatic heterocycles. The van der Waals surface area contributed by atoms with E-state index in [2.05, 4.69) is 0 Å². The summed E-state index contributed by atoms with van der Waals surface area (Å²) in [7, 11) is 0. The number of hydrogen-bond donors (Lipinski definition) is 4. The van der Waals surface area contributed by atoms with Crippen molar-refractivity contribution in [3.63, 3.8) is 0 Å². The fourth-order valence-corrected chi connectivity index (χ4v) is 3.49. The Balaban J connectivity index is 1.84. The lowest BCUT2D eigenvalue weighted by Crippen LogP contribution is -2.60. The molecule has 0 radical (unpaired) electrons. The lowest BCUT2D eigenvalue weighted by atomic mass is 9.94. The Bertz CT molecular complexity index is 941. The zero-order valence-corrected chi connectivity index (χ0v) is 16.5. The number of aliphatic hydroxyl groups excluding tert-OH is 4. The summed E-state index contributed by atoms with van der Waals surface area (Å²) in [6.45, 7) is 2.93. The monoisotopic (exact) mass is 413 g/mol. The summed E-state index contributed by atoms with van der Waals surface area (Å²) < 4.78 is 11.0. The van der Waals surface area contributed by atoms with E-state index >= 15 is 0 Å². The molecule has 1 fully saturated rings. The first-order valence-electron chi connectivity index (χ1n) is 9.40. The van der Waals surface area contributed by atoms with Crippen LogP contribution in [0.3, 0.4) is 0 Å². The first kappa shape index (κ1) is 21.9. The number of nitrogens with zero attached hydrogens (tertiary/aromatic N) is 1. The van der Waals surface area contributed by atoms with Crippen LogP contribution in [0.5, 0.6) is 5.75 Å². The maximum atomic E-state index is 12.9. The van der Waals surface area contributed by atoms with Crippen molar-refractivity contribution in [2.45, 2.75) is 44.6 Å². The number of rotatable bonds is 5. The molecule has 0 unspecified atom stereocenters. The molecule has 4 N–H and O–H groups in total. The molecule has 5 atom stereocenters. The van der Waals surface area contributed by atoms with E-state index < -0.39 is 37.3 Å². The molecule has 3 rings (SSSR count). The Morgan fingerprint density at radius 2 is 1.67 bits per heavy atom. The van der Waals surface area contributed by atoms with E-state index in [4.69, 9.17) is 14.7 Å². The molecule has 0 aliphatic carbocycles. The highest BCUT2D eigenvalue weighted by atomic mass is 16.7. The predicted octanol–water partition coefficient (Wildman–Crippen LogP) is 0.585. The first-order valence-corrected chi connectivity index (χ1v) is 9.40. The number of hydrogen-bond acceptors (Lipinski definition) is 8. The van der Waals surface area contributed by atoms with Gasteiger partial charge in [0.15, 0.2) is 5.78 Å². The Morgan fingerprint density at radius 1 is 1.07 bits per heavy atom. The van der Waals surface area contributed by atoms with Crippen molar-refractivity contribution in [1.82, 2.24) is 0 Å². The number of benzene rings is 2. The van der Waals surface area contributed by atoms with Gasteiger partial charge in [0.2, 0.25) is 6.29 Å². The van der Waals surface area contributed by atoms with Crippen LogP contribution in [0.1, 0.15) is 32.6 Å². The standard InChI is InChI=1S/C22H23NO7/c1-11-7-15(29-22-21(28)20(27)19(26)16(10-24)30-22)8-12(2)17(11)18(25)14-5-3-13(9-23)4-6-14/h3-8,16,19-22,24,26-28H,10H2,1-2H3/t16-,19+,20+,21-,22+/m1/s1. The summed E-state index contributed by atoms with van der Waals surface area (Å²) in [5.74, 6) is 0.0968. The van der Waals surface area contributed by atoms with Crippen LogP contribution in [0, 0.1) is 25.2 Å². The average molecular weight is 413 g/mol. The largest absolute Gasteiger partial charge is 0.462 e. The summed E-state index contributed by atoms with van der Waals surface area (Å²) in [4.78, 5) is 12.9. The fourth-order valence-electron chi connectivity index (χ4n) is 3.49. The number of carbonyl (C=O) groups is 1. The van der Waals surface area contributed by atoms with Crippen molar-refractivity contribution in [2.75, 3.05) is 6.61 Å². The highest BCUT2D eigenvalue weighted by molar-refractivity contribution is 6.10. The molecule has 2 aromatic rings. The Morgan fingerprint density at radius 3 is 2.20 bits per heavy atom. The summed E-state index contributed by atoms with van der Waals surface area (Å²) in [5, 5.41) is 48.1. The zero-order valence-electron chi connectivity index (χ0n) is 16.5. The van der Waals surface area contributed by atoms with Gasteiger partial charge in [-0.2, -0.15) is 5.26 Å². The molecule has 0 bridgehead atoms. The van der Waals surface area contributed by atoms with E-state index in [1.807, 2.05) is 6.07 Å². The highest BCUT2D eigenvalue weighted by Gasteiger charge is 2.44. The lowest BCUT2D eigenvalue weighted by Gasteiger charge is -2.39. The second kappa shape index (κ2) is 8.92. The van der Waals surface area contributed by atoms with Crippen LogP contribution in [0.15, 0.2) is 36.4 Å². The quantitative estimate of drug-likeness (QED) is 0.522. The number of ketones is 1. The molecule has 0 amide bonds. The van der Waals surface area contributed by atoms with Crippen molar-refractivity contribution in [2.24, 2.45) is 0 Å². The molecule has 30 heavy (non-hydrogen) atoms. The zero-order chi connectivity index (χ0) is 22.0. The minimum absolute atomic E-state index is 0.200. The van der Waals surface area contributed by atoms with E-state index in [1.54, 1.807) is 50.2 Å². The maximum absolute atomic E-state index is 12.9. The second-order valence-corrected chi connectivity index (χ2v) is 7.27. The number of nitriles is 1. The van der Waals surface area contributed by atoms with Crippen molar-refractivity contribution in [3.05, 3.63) is 64.2 Å². The van der Waals surface area contributed by atoms with Crippen LogP contribution in [0.25, 0.3) is 0 Å². The number of aryl methyl sites for hydroxylation is 2. The molecule has 1 saturated heterocycles. The Hall–Kier alpha value is -2.80. The fraction of sp³-hybridized carbons (Fsp3) is 0.364. The number of carbonyl (C=O) groups excluding carboxylic acids is 1. The van der Waals surface area contributed by atoms with E-state index in [9.17, 15) is 25.2 Å². The Kier molecular flexibility index (Phi) is 6.51. The smallest absolute Gasteiger partial charge is 0.229 e. The van der Waals surface area contributed by atoms with E-state index in [1.165, 1.54) is 0 Å². The number of aliphatic hydroxyl groups is 4. The topological polar surface area (TPSA) is 140 Å². The summed E-state index contributed by atoms with van der Waals surface area (Å²) in [6, 6.07) is 11.6. The minimum atomic E-state index is -1.54. The molecular weight excluding hydrogens is 390 g/mol. The van der Waals surface area contributed by atoms with Gasteiger partial charge in [0, 0.05) is 11.1 Å². The van der Waals surface area contributed by atoms with Gasteiger partial charge in [-0.15, -0.1) is 0 Å².